The maximum atomic E-state index is 5.74. The average Bonchev–Trinajstić information content (AvgIpc) is 3.25. The molecule has 0 bridgehead atoms. The summed E-state index contributed by atoms with van der Waals surface area (Å²) in [6.07, 6.45) is 11.0. The quantitative estimate of drug-likeness (QED) is 0.283. The number of aliphatic imine (C=N–C) groups is 1. The zero-order valence-electron chi connectivity index (χ0n) is 15.8. The van der Waals surface area contributed by atoms with E-state index in [1.54, 1.807) is 0 Å². The molecular weight excluding hydrogens is 429 g/mol. The number of halogens is 1. The van der Waals surface area contributed by atoms with Crippen molar-refractivity contribution in [3.63, 3.8) is 0 Å². The number of ether oxygens (including phenoxy) is 2. The summed E-state index contributed by atoms with van der Waals surface area (Å²) in [5, 5.41) is 3.47. The molecule has 0 aromatic rings. The van der Waals surface area contributed by atoms with E-state index in [1.807, 2.05) is 0 Å². The monoisotopic (exact) mass is 465 g/mol. The zero-order chi connectivity index (χ0) is 16.7. The fourth-order valence-electron chi connectivity index (χ4n) is 4.46. The van der Waals surface area contributed by atoms with Crippen LogP contribution >= 0.6 is 24.0 Å². The highest BCUT2D eigenvalue weighted by atomic mass is 127. The molecule has 0 aromatic carbocycles. The first kappa shape index (κ1) is 21.2. The molecule has 146 valence electrons. The summed E-state index contributed by atoms with van der Waals surface area (Å²) in [5.74, 6) is 1.08. The van der Waals surface area contributed by atoms with Crippen molar-refractivity contribution in [2.24, 2.45) is 10.4 Å². The van der Waals surface area contributed by atoms with Crippen molar-refractivity contribution < 1.29 is 9.47 Å². The lowest BCUT2D eigenvalue weighted by Gasteiger charge is -2.33. The Kier molecular flexibility index (Phi) is 9.27. The summed E-state index contributed by atoms with van der Waals surface area (Å²) in [5.41, 5.74) is 0.574. The smallest absolute Gasteiger partial charge is 0.194 e. The van der Waals surface area contributed by atoms with Gasteiger partial charge in [0.15, 0.2) is 5.96 Å². The Labute approximate surface area is 170 Å². The van der Waals surface area contributed by atoms with E-state index in [4.69, 9.17) is 14.5 Å². The van der Waals surface area contributed by atoms with Gasteiger partial charge in [-0.05, 0) is 44.4 Å². The minimum atomic E-state index is 0. The Bertz CT molecular complexity index is 407. The predicted octanol–water partition coefficient (Wildman–Crippen LogP) is 3.42. The second kappa shape index (κ2) is 10.9. The molecular formula is C19H36IN3O2. The first-order valence-electron chi connectivity index (χ1n) is 10.0. The lowest BCUT2D eigenvalue weighted by Crippen LogP contribution is -2.41. The molecule has 3 rings (SSSR count). The van der Waals surface area contributed by atoms with Gasteiger partial charge in [0.1, 0.15) is 0 Å². The fourth-order valence-corrected chi connectivity index (χ4v) is 4.46. The van der Waals surface area contributed by atoms with Gasteiger partial charge in [0.05, 0.1) is 25.9 Å². The van der Waals surface area contributed by atoms with E-state index in [2.05, 4.69) is 17.1 Å². The number of guanidine groups is 1. The largest absolute Gasteiger partial charge is 0.377 e. The Morgan fingerprint density at radius 1 is 1.24 bits per heavy atom. The first-order valence-corrected chi connectivity index (χ1v) is 10.0. The zero-order valence-corrected chi connectivity index (χ0v) is 18.1. The number of nitrogens with zero attached hydrogens (tertiary/aromatic N) is 2. The van der Waals surface area contributed by atoms with Crippen LogP contribution < -0.4 is 5.32 Å². The molecule has 0 amide bonds. The van der Waals surface area contributed by atoms with Crippen molar-refractivity contribution in [1.29, 1.82) is 0 Å². The van der Waals surface area contributed by atoms with Gasteiger partial charge in [0, 0.05) is 26.2 Å². The topological polar surface area (TPSA) is 46.1 Å². The normalized spacial score (nSPS) is 26.0. The molecule has 6 heteroatoms. The van der Waals surface area contributed by atoms with Crippen LogP contribution in [0.25, 0.3) is 0 Å². The third-order valence-corrected chi connectivity index (χ3v) is 5.81. The highest BCUT2D eigenvalue weighted by Gasteiger charge is 2.39. The average molecular weight is 465 g/mol. The van der Waals surface area contributed by atoms with E-state index in [0.29, 0.717) is 18.1 Å². The maximum Gasteiger partial charge on any atom is 0.194 e. The summed E-state index contributed by atoms with van der Waals surface area (Å²) >= 11 is 0. The van der Waals surface area contributed by atoms with Gasteiger partial charge >= 0.3 is 0 Å². The molecule has 2 saturated heterocycles. The molecule has 1 spiro atoms. The molecule has 1 unspecified atom stereocenters. The van der Waals surface area contributed by atoms with Crippen LogP contribution in [-0.2, 0) is 9.47 Å². The van der Waals surface area contributed by atoms with Gasteiger partial charge < -0.3 is 19.7 Å². The van der Waals surface area contributed by atoms with E-state index in [1.165, 1.54) is 51.5 Å². The van der Waals surface area contributed by atoms with Gasteiger partial charge in [-0.15, -0.1) is 24.0 Å². The van der Waals surface area contributed by atoms with Crippen LogP contribution in [0.4, 0.5) is 0 Å². The molecule has 0 aromatic heterocycles. The third-order valence-electron chi connectivity index (χ3n) is 5.81. The maximum absolute atomic E-state index is 5.74. The molecule has 1 N–H and O–H groups in total. The highest BCUT2D eigenvalue weighted by Crippen LogP contribution is 2.43. The Hall–Kier alpha value is -0.0800. The van der Waals surface area contributed by atoms with Crippen LogP contribution in [0, 0.1) is 5.41 Å². The minimum Gasteiger partial charge on any atom is -0.377 e. The van der Waals surface area contributed by atoms with Crippen LogP contribution in [0.3, 0.4) is 0 Å². The van der Waals surface area contributed by atoms with E-state index in [0.717, 1.165) is 45.2 Å². The Balaban J connectivity index is 0.00000225. The highest BCUT2D eigenvalue weighted by molar-refractivity contribution is 14.0. The SMILES string of the molecule is CCNC(=NCCOCC1CCCO1)N1CCC2(CCCCC2)C1.I. The molecule has 2 heterocycles. The molecule has 1 aliphatic carbocycles. The lowest BCUT2D eigenvalue weighted by atomic mass is 9.73. The van der Waals surface area contributed by atoms with E-state index in [9.17, 15) is 0 Å². The van der Waals surface area contributed by atoms with E-state index >= 15 is 0 Å². The van der Waals surface area contributed by atoms with Crippen molar-refractivity contribution in [1.82, 2.24) is 10.2 Å². The van der Waals surface area contributed by atoms with Crippen molar-refractivity contribution in [3.8, 4) is 0 Å². The summed E-state index contributed by atoms with van der Waals surface area (Å²) in [6, 6.07) is 0. The summed E-state index contributed by atoms with van der Waals surface area (Å²) < 4.78 is 11.3. The molecule has 3 fully saturated rings. The molecule has 1 atom stereocenters. The molecule has 2 aliphatic heterocycles. The first-order chi connectivity index (χ1) is 11.8. The van der Waals surface area contributed by atoms with Crippen molar-refractivity contribution in [2.45, 2.75) is 64.4 Å². The van der Waals surface area contributed by atoms with Crippen LogP contribution in [0.15, 0.2) is 4.99 Å². The number of rotatable bonds is 6. The van der Waals surface area contributed by atoms with Crippen LogP contribution in [-0.4, -0.2) is 63.0 Å². The number of hydrogen-bond acceptors (Lipinski definition) is 3. The predicted molar refractivity (Wildman–Crippen MR) is 113 cm³/mol. The van der Waals surface area contributed by atoms with E-state index in [-0.39, 0.29) is 24.0 Å². The molecule has 0 radical (unpaired) electrons. The number of likely N-dealkylation sites (tertiary alicyclic amines) is 1. The van der Waals surface area contributed by atoms with Crippen molar-refractivity contribution in [3.05, 3.63) is 0 Å². The van der Waals surface area contributed by atoms with Crippen molar-refractivity contribution >= 4 is 29.9 Å². The van der Waals surface area contributed by atoms with Gasteiger partial charge in [-0.1, -0.05) is 19.3 Å². The Morgan fingerprint density at radius 2 is 2.08 bits per heavy atom. The second-order valence-electron chi connectivity index (χ2n) is 7.68. The minimum absolute atomic E-state index is 0. The standard InChI is InChI=1S/C19H35N3O2.HI/c1-2-20-18(21-11-14-23-15-17-7-6-13-24-17)22-12-10-19(16-22)8-4-3-5-9-19;/h17H,2-16H2,1H3,(H,20,21);1H. The number of nitrogens with one attached hydrogen (secondary N) is 1. The van der Waals surface area contributed by atoms with E-state index < -0.39 is 0 Å². The third kappa shape index (κ3) is 6.24. The van der Waals surface area contributed by atoms with Gasteiger partial charge in [-0.25, -0.2) is 0 Å². The number of hydrogen-bond donors (Lipinski definition) is 1. The van der Waals surface area contributed by atoms with Gasteiger partial charge in [0.2, 0.25) is 0 Å². The lowest BCUT2D eigenvalue weighted by molar-refractivity contribution is 0.0199. The molecule has 5 nitrogen and oxygen atoms in total. The molecule has 25 heavy (non-hydrogen) atoms. The Morgan fingerprint density at radius 3 is 2.80 bits per heavy atom. The second-order valence-corrected chi connectivity index (χ2v) is 7.68. The molecule has 3 aliphatic rings. The van der Waals surface area contributed by atoms with Gasteiger partial charge in [-0.2, -0.15) is 0 Å². The summed E-state index contributed by atoms with van der Waals surface area (Å²) in [6.45, 7) is 8.46. The van der Waals surface area contributed by atoms with Crippen LogP contribution in [0.1, 0.15) is 58.3 Å². The van der Waals surface area contributed by atoms with Crippen molar-refractivity contribution in [2.75, 3.05) is 46.0 Å². The summed E-state index contributed by atoms with van der Waals surface area (Å²) in [7, 11) is 0. The van der Waals surface area contributed by atoms with Crippen LogP contribution in [0.5, 0.6) is 0 Å². The van der Waals surface area contributed by atoms with Crippen LogP contribution in [0.2, 0.25) is 0 Å². The fraction of sp³-hybridized carbons (Fsp3) is 0.947. The summed E-state index contributed by atoms with van der Waals surface area (Å²) in [4.78, 5) is 7.28. The van der Waals surface area contributed by atoms with Gasteiger partial charge in [-0.3, -0.25) is 4.99 Å². The molecule has 1 saturated carbocycles. The van der Waals surface area contributed by atoms with Gasteiger partial charge in [0.25, 0.3) is 0 Å².